The molecule has 3 nitrogen and oxygen atoms in total. The summed E-state index contributed by atoms with van der Waals surface area (Å²) in [5, 5.41) is 4.78. The third kappa shape index (κ3) is 3.58. The molecule has 34 heavy (non-hydrogen) atoms. The highest BCUT2D eigenvalue weighted by molar-refractivity contribution is 5.85. The zero-order valence-electron chi connectivity index (χ0n) is 20.5. The number of aryl methyl sites for hydroxylation is 3. The normalized spacial score (nSPS) is 16.1. The van der Waals surface area contributed by atoms with Crippen molar-refractivity contribution in [1.82, 2.24) is 14.8 Å². The van der Waals surface area contributed by atoms with Crippen LogP contribution in [0.15, 0.2) is 66.9 Å². The number of fused-ring (bicyclic) bond motifs is 3. The first-order chi connectivity index (χ1) is 16.5. The average Bonchev–Trinajstić information content (AvgIpc) is 3.22. The lowest BCUT2D eigenvalue weighted by atomic mass is 9.61. The Balaban J connectivity index is 1.46. The number of nitrogens with zero attached hydrogens (tertiary/aromatic N) is 3. The maximum Gasteiger partial charge on any atom is 0.0973 e. The molecule has 3 heteroatoms. The van der Waals surface area contributed by atoms with E-state index in [0.717, 1.165) is 30.1 Å². The summed E-state index contributed by atoms with van der Waals surface area (Å²) in [6, 6.07) is 22.4. The van der Waals surface area contributed by atoms with Gasteiger partial charge in [-0.2, -0.15) is 5.10 Å². The number of benzene rings is 2. The van der Waals surface area contributed by atoms with Crippen LogP contribution in [-0.2, 0) is 25.3 Å². The first-order valence-electron chi connectivity index (χ1n) is 12.8. The number of pyridine rings is 1. The summed E-state index contributed by atoms with van der Waals surface area (Å²) in [6.07, 6.45) is 9.41. The summed E-state index contributed by atoms with van der Waals surface area (Å²) in [6.45, 7) is 4.70. The van der Waals surface area contributed by atoms with Crippen LogP contribution >= 0.6 is 0 Å². The first kappa shape index (κ1) is 21.3. The zero-order valence-corrected chi connectivity index (χ0v) is 20.5. The van der Waals surface area contributed by atoms with Crippen molar-refractivity contribution in [3.63, 3.8) is 0 Å². The van der Waals surface area contributed by atoms with Crippen LogP contribution in [0.3, 0.4) is 0 Å². The van der Waals surface area contributed by atoms with Crippen LogP contribution in [0.5, 0.6) is 0 Å². The summed E-state index contributed by atoms with van der Waals surface area (Å²) in [7, 11) is 2.01. The van der Waals surface area contributed by atoms with E-state index in [-0.39, 0.29) is 0 Å². The minimum atomic E-state index is 0.383. The van der Waals surface area contributed by atoms with Crippen LogP contribution < -0.4 is 0 Å². The number of aromatic nitrogens is 3. The molecule has 0 radical (unpaired) electrons. The Morgan fingerprint density at radius 2 is 1.65 bits per heavy atom. The largest absolute Gasteiger partial charge is 0.275 e. The molecular formula is C31H33N3. The predicted molar refractivity (Wildman–Crippen MR) is 140 cm³/mol. The Kier molecular flexibility index (Phi) is 5.17. The quantitative estimate of drug-likeness (QED) is 0.319. The Bertz CT molecular complexity index is 1330. The van der Waals surface area contributed by atoms with Crippen molar-refractivity contribution >= 4 is 0 Å². The van der Waals surface area contributed by atoms with Crippen molar-refractivity contribution in [3.05, 3.63) is 83.7 Å². The Morgan fingerprint density at radius 1 is 0.882 bits per heavy atom. The highest BCUT2D eigenvalue weighted by Gasteiger charge is 2.38. The van der Waals surface area contributed by atoms with Crippen LogP contribution in [0, 0.1) is 5.92 Å². The monoisotopic (exact) mass is 447 g/mol. The predicted octanol–water partition coefficient (Wildman–Crippen LogP) is 7.38. The molecular weight excluding hydrogens is 414 g/mol. The second-order valence-corrected chi connectivity index (χ2v) is 10.7. The molecule has 0 amide bonds. The topological polar surface area (TPSA) is 30.7 Å². The number of hydrogen-bond acceptors (Lipinski definition) is 2. The van der Waals surface area contributed by atoms with Gasteiger partial charge in [-0.25, -0.2) is 0 Å². The number of rotatable bonds is 5. The smallest absolute Gasteiger partial charge is 0.0973 e. The summed E-state index contributed by atoms with van der Waals surface area (Å²) in [4.78, 5) is 5.29. The Hall–Kier alpha value is -3.20. The highest BCUT2D eigenvalue weighted by Crippen LogP contribution is 2.48. The molecule has 0 saturated heterocycles. The Labute approximate surface area is 202 Å². The van der Waals surface area contributed by atoms with Gasteiger partial charge in [0.05, 0.1) is 17.1 Å². The third-order valence-electron chi connectivity index (χ3n) is 7.86. The SMILES string of the molecule is CC(C)CC1(c2ccc(-c3nc4c(cc3-c3ccccc3)-c3nn(C)cc3CC4)cc2)CCC1. The number of hydrogen-bond donors (Lipinski definition) is 0. The van der Waals surface area contributed by atoms with Gasteiger partial charge in [0.1, 0.15) is 0 Å². The molecule has 172 valence electrons. The minimum Gasteiger partial charge on any atom is -0.275 e. The Morgan fingerprint density at radius 3 is 2.32 bits per heavy atom. The van der Waals surface area contributed by atoms with E-state index in [1.54, 1.807) is 0 Å². The van der Waals surface area contributed by atoms with Gasteiger partial charge in [-0.1, -0.05) is 74.9 Å². The molecule has 1 saturated carbocycles. The van der Waals surface area contributed by atoms with Crippen LogP contribution in [0.1, 0.15) is 56.4 Å². The molecule has 2 aliphatic rings. The van der Waals surface area contributed by atoms with Gasteiger partial charge in [-0.3, -0.25) is 9.67 Å². The molecule has 2 aromatic carbocycles. The van der Waals surface area contributed by atoms with E-state index in [9.17, 15) is 0 Å². The summed E-state index contributed by atoms with van der Waals surface area (Å²) >= 11 is 0. The molecule has 4 aromatic rings. The fourth-order valence-electron chi connectivity index (χ4n) is 6.18. The molecule has 0 unspecified atom stereocenters. The minimum absolute atomic E-state index is 0.383. The van der Waals surface area contributed by atoms with Gasteiger partial charge >= 0.3 is 0 Å². The van der Waals surface area contributed by atoms with E-state index in [4.69, 9.17) is 10.1 Å². The van der Waals surface area contributed by atoms with E-state index < -0.39 is 0 Å². The van der Waals surface area contributed by atoms with Crippen molar-refractivity contribution < 1.29 is 0 Å². The van der Waals surface area contributed by atoms with Gasteiger partial charge in [-0.15, -0.1) is 0 Å². The summed E-state index contributed by atoms with van der Waals surface area (Å²) < 4.78 is 1.93. The molecule has 1 fully saturated rings. The molecule has 0 spiro atoms. The maximum atomic E-state index is 5.29. The second kappa shape index (κ2) is 8.23. The van der Waals surface area contributed by atoms with Gasteiger partial charge in [0.2, 0.25) is 0 Å². The van der Waals surface area contributed by atoms with E-state index in [2.05, 4.69) is 80.7 Å². The van der Waals surface area contributed by atoms with Crippen molar-refractivity contribution in [2.75, 3.05) is 0 Å². The van der Waals surface area contributed by atoms with Gasteiger partial charge in [0.15, 0.2) is 0 Å². The molecule has 6 rings (SSSR count). The zero-order chi connectivity index (χ0) is 23.3. The van der Waals surface area contributed by atoms with Crippen molar-refractivity contribution in [2.24, 2.45) is 13.0 Å². The maximum absolute atomic E-state index is 5.29. The van der Waals surface area contributed by atoms with Crippen molar-refractivity contribution in [3.8, 4) is 33.6 Å². The molecule has 0 atom stereocenters. The lowest BCUT2D eigenvalue weighted by Crippen LogP contribution is -2.35. The fraction of sp³-hybridized carbons (Fsp3) is 0.355. The molecule has 0 bridgehead atoms. The van der Waals surface area contributed by atoms with Gasteiger partial charge in [-0.05, 0) is 66.2 Å². The van der Waals surface area contributed by atoms with E-state index in [1.165, 1.54) is 64.8 Å². The fourth-order valence-corrected chi connectivity index (χ4v) is 6.18. The van der Waals surface area contributed by atoms with Crippen LogP contribution in [-0.4, -0.2) is 14.8 Å². The van der Waals surface area contributed by atoms with Gasteiger partial charge in [0.25, 0.3) is 0 Å². The van der Waals surface area contributed by atoms with E-state index in [1.807, 2.05) is 11.7 Å². The van der Waals surface area contributed by atoms with E-state index in [0.29, 0.717) is 5.41 Å². The lowest BCUT2D eigenvalue weighted by molar-refractivity contribution is 0.200. The van der Waals surface area contributed by atoms with Crippen LogP contribution in [0.2, 0.25) is 0 Å². The standard InChI is InChI=1S/C31H33N3/c1-21(2)19-31(16-7-17-31)25-13-10-23(11-14-25)29-26(22-8-5-4-6-9-22)18-27-28(32-29)15-12-24-20-34(3)33-30(24)27/h4-6,8-11,13-14,18,20-21H,7,12,15-17,19H2,1-3H3. The summed E-state index contributed by atoms with van der Waals surface area (Å²) in [5.74, 6) is 0.725. The molecule has 0 aliphatic heterocycles. The van der Waals surface area contributed by atoms with Crippen molar-refractivity contribution in [2.45, 2.75) is 57.8 Å². The average molecular weight is 448 g/mol. The second-order valence-electron chi connectivity index (χ2n) is 10.7. The molecule has 2 aliphatic carbocycles. The molecule has 2 heterocycles. The summed E-state index contributed by atoms with van der Waals surface area (Å²) in [5.41, 5.74) is 11.3. The first-order valence-corrected chi connectivity index (χ1v) is 12.8. The molecule has 0 N–H and O–H groups in total. The van der Waals surface area contributed by atoms with Crippen molar-refractivity contribution in [1.29, 1.82) is 0 Å². The lowest BCUT2D eigenvalue weighted by Gasteiger charge is -2.44. The molecule has 2 aromatic heterocycles. The third-order valence-corrected chi connectivity index (χ3v) is 7.86. The van der Waals surface area contributed by atoms with Crippen LogP contribution in [0.4, 0.5) is 0 Å². The van der Waals surface area contributed by atoms with Crippen LogP contribution in [0.25, 0.3) is 33.6 Å². The van der Waals surface area contributed by atoms with Gasteiger partial charge < -0.3 is 0 Å². The van der Waals surface area contributed by atoms with Gasteiger partial charge in [0, 0.05) is 29.9 Å². The van der Waals surface area contributed by atoms with E-state index >= 15 is 0 Å². The highest BCUT2D eigenvalue weighted by atomic mass is 15.3.